The number of carbonyl (C=O) groups is 2. The molecule has 0 spiro atoms. The third-order valence-corrected chi connectivity index (χ3v) is 7.13. The topological polar surface area (TPSA) is 95.7 Å². The van der Waals surface area contributed by atoms with Crippen molar-refractivity contribution < 1.29 is 14.7 Å². The van der Waals surface area contributed by atoms with Crippen LogP contribution in [0, 0.1) is 18.3 Å². The zero-order valence-electron chi connectivity index (χ0n) is 22.6. The minimum Gasteiger partial charge on any atom is -0.390 e. The first kappa shape index (κ1) is 29.2. The molecule has 1 saturated carbocycles. The second-order valence-electron chi connectivity index (χ2n) is 11.7. The largest absolute Gasteiger partial charge is 0.390 e. The van der Waals surface area contributed by atoms with Crippen molar-refractivity contribution in [3.8, 4) is 0 Å². The molecule has 0 saturated heterocycles. The molecule has 1 aliphatic rings. The van der Waals surface area contributed by atoms with E-state index in [-0.39, 0.29) is 11.8 Å². The molecule has 1 aliphatic carbocycles. The van der Waals surface area contributed by atoms with Crippen LogP contribution in [0.2, 0.25) is 0 Å². The van der Waals surface area contributed by atoms with Gasteiger partial charge in [0.2, 0.25) is 11.8 Å². The second-order valence-corrected chi connectivity index (χ2v) is 11.7. The van der Waals surface area contributed by atoms with Crippen molar-refractivity contribution in [2.45, 2.75) is 104 Å². The summed E-state index contributed by atoms with van der Waals surface area (Å²) in [6, 6.07) is 8.68. The molecule has 0 bridgehead atoms. The van der Waals surface area contributed by atoms with Crippen molar-refractivity contribution in [1.82, 2.24) is 5.32 Å². The number of nitrogens with zero attached hydrogens (tertiary/aromatic N) is 1. The lowest BCUT2D eigenvalue weighted by Gasteiger charge is -2.35. The van der Waals surface area contributed by atoms with Crippen molar-refractivity contribution in [1.29, 1.82) is 0 Å². The molecule has 6 heteroatoms. The summed E-state index contributed by atoms with van der Waals surface area (Å²) < 4.78 is 0. The van der Waals surface area contributed by atoms with E-state index in [9.17, 15) is 14.7 Å². The molecule has 197 valence electrons. The predicted octanol–water partition coefficient (Wildman–Crippen LogP) is 4.78. The molecule has 35 heavy (non-hydrogen) atoms. The molecule has 6 nitrogen and oxygen atoms in total. The van der Waals surface area contributed by atoms with Crippen LogP contribution < -0.4 is 16.0 Å². The lowest BCUT2D eigenvalue weighted by atomic mass is 9.81. The van der Waals surface area contributed by atoms with Crippen molar-refractivity contribution >= 4 is 17.5 Å². The molecule has 1 atom stereocenters. The van der Waals surface area contributed by atoms with E-state index < -0.39 is 17.0 Å². The molecule has 2 amide bonds. The van der Waals surface area contributed by atoms with Gasteiger partial charge in [-0.1, -0.05) is 52.2 Å². The van der Waals surface area contributed by atoms with E-state index in [1.54, 1.807) is 6.92 Å². The fourth-order valence-electron chi connectivity index (χ4n) is 4.73. The molecule has 1 aromatic rings. The van der Waals surface area contributed by atoms with E-state index in [1.165, 1.54) is 18.4 Å². The van der Waals surface area contributed by atoms with Crippen LogP contribution in [0.3, 0.4) is 0 Å². The number of hydrogen-bond acceptors (Lipinski definition) is 4. The van der Waals surface area contributed by atoms with E-state index in [1.807, 2.05) is 13.8 Å². The molecule has 1 fully saturated rings. The fraction of sp³-hybridized carbons (Fsp3) is 0.690. The van der Waals surface area contributed by atoms with Gasteiger partial charge in [-0.2, -0.15) is 0 Å². The zero-order valence-corrected chi connectivity index (χ0v) is 22.6. The van der Waals surface area contributed by atoms with Crippen molar-refractivity contribution in [2.24, 2.45) is 17.6 Å². The number of aliphatic hydroxyl groups is 1. The zero-order chi connectivity index (χ0) is 26.1. The van der Waals surface area contributed by atoms with Crippen LogP contribution in [-0.4, -0.2) is 41.2 Å². The molecular formula is C29H48N3O3. The van der Waals surface area contributed by atoms with E-state index in [2.05, 4.69) is 48.3 Å². The summed E-state index contributed by atoms with van der Waals surface area (Å²) in [4.78, 5) is 26.1. The first-order valence-electron chi connectivity index (χ1n) is 13.4. The normalized spacial score (nSPS) is 16.7. The van der Waals surface area contributed by atoms with Crippen molar-refractivity contribution in [2.75, 3.05) is 18.0 Å². The molecule has 0 heterocycles. The Balaban J connectivity index is 2.00. The Kier molecular flexibility index (Phi) is 11.1. The Labute approximate surface area is 213 Å². The number of rotatable bonds is 14. The number of aryl methyl sites for hydroxylation is 1. The Morgan fingerprint density at radius 3 is 2.34 bits per heavy atom. The van der Waals surface area contributed by atoms with E-state index in [0.717, 1.165) is 57.2 Å². The molecule has 4 N–H and O–H groups in total. The third kappa shape index (κ3) is 10.6. The summed E-state index contributed by atoms with van der Waals surface area (Å²) in [6.07, 6.45) is 9.99. The molecule has 1 aromatic carbocycles. The standard InChI is InChI=1S/C29H48N3O3/c1-22(2)16-20-32(21-28(4,5)31-26(33)14-9-23(3)27(30)34)25-12-10-24(11-13-25)15-19-29(35)17-7-6-8-18-29/h10-14,22-23,35H,6-9,15-21H2,1-5H3,(H2,30,34)(H,31,33). The van der Waals surface area contributed by atoms with Crippen molar-refractivity contribution in [3.63, 3.8) is 0 Å². The van der Waals surface area contributed by atoms with Gasteiger partial charge in [-0.3, -0.25) is 9.59 Å². The quantitative estimate of drug-likeness (QED) is 0.353. The average Bonchev–Trinajstić information content (AvgIpc) is 2.79. The van der Waals surface area contributed by atoms with Gasteiger partial charge in [0.15, 0.2) is 0 Å². The highest BCUT2D eigenvalue weighted by molar-refractivity contribution is 5.86. The number of nitrogens with one attached hydrogen (secondary N) is 1. The van der Waals surface area contributed by atoms with Gasteiger partial charge in [0.1, 0.15) is 0 Å². The number of amides is 2. The second kappa shape index (κ2) is 13.3. The van der Waals surface area contributed by atoms with Crippen LogP contribution in [0.25, 0.3) is 0 Å². The highest BCUT2D eigenvalue weighted by Gasteiger charge is 2.29. The van der Waals surface area contributed by atoms with E-state index in [4.69, 9.17) is 5.73 Å². The minimum atomic E-state index is -0.491. The van der Waals surface area contributed by atoms with Crippen LogP contribution in [-0.2, 0) is 16.0 Å². The smallest absolute Gasteiger partial charge is 0.224 e. The number of benzene rings is 1. The summed E-state index contributed by atoms with van der Waals surface area (Å²) >= 11 is 0. The molecule has 2 rings (SSSR count). The number of anilines is 1. The highest BCUT2D eigenvalue weighted by atomic mass is 16.3. The Morgan fingerprint density at radius 1 is 1.14 bits per heavy atom. The molecule has 0 aromatic heterocycles. The lowest BCUT2D eigenvalue weighted by molar-refractivity contribution is -0.121. The van der Waals surface area contributed by atoms with Crippen LogP contribution in [0.4, 0.5) is 5.69 Å². The first-order chi connectivity index (χ1) is 16.4. The Hall–Kier alpha value is -2.08. The summed E-state index contributed by atoms with van der Waals surface area (Å²) in [5.74, 6) is -0.356. The van der Waals surface area contributed by atoms with Crippen LogP contribution in [0.1, 0.15) is 91.5 Å². The Morgan fingerprint density at radius 2 is 1.77 bits per heavy atom. The van der Waals surface area contributed by atoms with Crippen LogP contribution in [0.5, 0.6) is 0 Å². The third-order valence-electron chi connectivity index (χ3n) is 7.13. The maximum atomic E-state index is 12.5. The predicted molar refractivity (Wildman–Crippen MR) is 144 cm³/mol. The van der Waals surface area contributed by atoms with Gasteiger partial charge in [0, 0.05) is 24.7 Å². The molecule has 1 unspecified atom stereocenters. The van der Waals surface area contributed by atoms with Gasteiger partial charge in [0.25, 0.3) is 0 Å². The molecule has 1 radical (unpaired) electrons. The number of nitrogens with two attached hydrogens (primary N) is 1. The summed E-state index contributed by atoms with van der Waals surface area (Å²) in [6.45, 7) is 11.8. The maximum absolute atomic E-state index is 12.5. The number of primary amides is 1. The SMILES string of the molecule is CC(C)CCN(CC(C)(C)NC(=O)[CH]CC(C)C(N)=O)c1ccc(CCC2(O)CCCCC2)cc1. The van der Waals surface area contributed by atoms with Gasteiger partial charge in [-0.05, 0) is 76.0 Å². The van der Waals surface area contributed by atoms with E-state index >= 15 is 0 Å². The maximum Gasteiger partial charge on any atom is 0.224 e. The molecule has 0 aliphatic heterocycles. The molecular weight excluding hydrogens is 438 g/mol. The van der Waals surface area contributed by atoms with Gasteiger partial charge < -0.3 is 21.1 Å². The average molecular weight is 487 g/mol. The van der Waals surface area contributed by atoms with Crippen molar-refractivity contribution in [3.05, 3.63) is 36.2 Å². The summed E-state index contributed by atoms with van der Waals surface area (Å²) in [5.41, 5.74) is 6.75. The fourth-order valence-corrected chi connectivity index (χ4v) is 4.73. The first-order valence-corrected chi connectivity index (χ1v) is 13.4. The monoisotopic (exact) mass is 486 g/mol. The van der Waals surface area contributed by atoms with Gasteiger partial charge in [0.05, 0.1) is 17.6 Å². The number of hydrogen-bond donors (Lipinski definition) is 3. The van der Waals surface area contributed by atoms with E-state index in [0.29, 0.717) is 18.9 Å². The van der Waals surface area contributed by atoms with Gasteiger partial charge in [-0.25, -0.2) is 0 Å². The van der Waals surface area contributed by atoms with Gasteiger partial charge >= 0.3 is 0 Å². The minimum absolute atomic E-state index is 0.178. The lowest BCUT2D eigenvalue weighted by Crippen LogP contribution is -2.52. The summed E-state index contributed by atoms with van der Waals surface area (Å²) in [5, 5.41) is 13.9. The van der Waals surface area contributed by atoms with Crippen LogP contribution in [0.15, 0.2) is 24.3 Å². The Bertz CT molecular complexity index is 798. The number of carbonyl (C=O) groups excluding carboxylic acids is 2. The summed E-state index contributed by atoms with van der Waals surface area (Å²) in [7, 11) is 0. The highest BCUT2D eigenvalue weighted by Crippen LogP contribution is 2.32. The van der Waals surface area contributed by atoms with Crippen LogP contribution >= 0.6 is 0 Å². The van der Waals surface area contributed by atoms with Gasteiger partial charge in [-0.15, -0.1) is 0 Å².